The van der Waals surface area contributed by atoms with E-state index in [4.69, 9.17) is 33.2 Å². The average molecular weight is 1180 g/mol. The molecule has 478 valence electrons. The predicted molar refractivity (Wildman–Crippen MR) is 310 cm³/mol. The second kappa shape index (κ2) is 34.4. The van der Waals surface area contributed by atoms with Crippen LogP contribution in [0.5, 0.6) is 0 Å². The van der Waals surface area contributed by atoms with E-state index < -0.39 is 105 Å². The van der Waals surface area contributed by atoms with Crippen LogP contribution in [0, 0.1) is 5.92 Å². The Morgan fingerprint density at radius 2 is 0.795 bits per heavy atom. The van der Waals surface area contributed by atoms with Gasteiger partial charge in [0.1, 0.15) is 51.7 Å². The molecule has 0 spiro atoms. The summed E-state index contributed by atoms with van der Waals surface area (Å²) in [4.78, 5) is 138. The van der Waals surface area contributed by atoms with E-state index in [1.165, 1.54) is 0 Å². The number of nitrogens with zero attached hydrogens (tertiary/aromatic N) is 3. The van der Waals surface area contributed by atoms with Crippen LogP contribution in [0.25, 0.3) is 0 Å². The van der Waals surface area contributed by atoms with Crippen LogP contribution in [-0.2, 0) is 76.3 Å². The number of carbonyl (C=O) groups is 10. The van der Waals surface area contributed by atoms with Gasteiger partial charge in [0.2, 0.25) is 11.8 Å². The van der Waals surface area contributed by atoms with Crippen LogP contribution in [0.2, 0.25) is 0 Å². The molecule has 4 unspecified atom stereocenters. The number of hydrogen-bond donors (Lipinski definition) is 4. The molecule has 1 rings (SSSR count). The molecular formula is C59H105N7O17. The summed E-state index contributed by atoms with van der Waals surface area (Å²) in [6.07, 6.45) is 0.957. The van der Waals surface area contributed by atoms with E-state index in [0.717, 1.165) is 7.11 Å². The summed E-state index contributed by atoms with van der Waals surface area (Å²) in [5.41, 5.74) is -4.69. The highest BCUT2D eigenvalue weighted by Crippen LogP contribution is 2.21. The van der Waals surface area contributed by atoms with E-state index in [9.17, 15) is 47.9 Å². The Labute approximate surface area is 494 Å². The van der Waals surface area contributed by atoms with Crippen LogP contribution in [0.3, 0.4) is 0 Å². The van der Waals surface area contributed by atoms with Gasteiger partial charge in [0.25, 0.3) is 0 Å². The van der Waals surface area contributed by atoms with Gasteiger partial charge in [0.15, 0.2) is 0 Å². The van der Waals surface area contributed by atoms with Gasteiger partial charge >= 0.3 is 47.8 Å². The Kier molecular flexibility index (Phi) is 31.2. The van der Waals surface area contributed by atoms with Crippen LogP contribution >= 0.6 is 0 Å². The zero-order chi connectivity index (χ0) is 63.7. The summed E-state index contributed by atoms with van der Waals surface area (Å²) in [5, 5.41) is 10.7. The first kappa shape index (κ1) is 75.4. The Balaban J connectivity index is 3.43. The van der Waals surface area contributed by atoms with Crippen LogP contribution in [0.1, 0.15) is 189 Å². The molecule has 0 aromatic heterocycles. The molecule has 0 saturated carbocycles. The molecule has 1 saturated heterocycles. The van der Waals surface area contributed by atoms with Crippen molar-refractivity contribution in [3.8, 4) is 0 Å². The average Bonchev–Trinajstić information content (AvgIpc) is 3.31. The van der Waals surface area contributed by atoms with Gasteiger partial charge in [0, 0.05) is 52.0 Å². The fraction of sp³-hybridized carbons (Fsp3) is 0.831. The molecular weight excluding hydrogens is 1080 g/mol. The maximum atomic E-state index is 14.2. The van der Waals surface area contributed by atoms with Crippen LogP contribution in [0.4, 0.5) is 4.79 Å². The monoisotopic (exact) mass is 1180 g/mol. The third kappa shape index (κ3) is 38.8. The molecule has 1 aliphatic heterocycles. The van der Waals surface area contributed by atoms with Gasteiger partial charge in [-0.1, -0.05) is 0 Å². The maximum Gasteiger partial charge on any atom is 0.329 e. The number of hydrogen-bond acceptors (Lipinski definition) is 20. The second-order valence-electron chi connectivity index (χ2n) is 27.2. The molecule has 0 bridgehead atoms. The van der Waals surface area contributed by atoms with Crippen LogP contribution < -0.4 is 21.3 Å². The summed E-state index contributed by atoms with van der Waals surface area (Å²) in [7, 11) is 1.13. The number of nitrogens with one attached hydrogen (secondary N) is 4. The van der Waals surface area contributed by atoms with Crippen molar-refractivity contribution in [1.29, 1.82) is 0 Å². The highest BCUT2D eigenvalue weighted by molar-refractivity contribution is 5.89. The molecule has 1 aliphatic rings. The number of methoxy groups -OCH3 is 1. The van der Waals surface area contributed by atoms with Gasteiger partial charge in [-0.15, -0.1) is 0 Å². The minimum Gasteiger partial charge on any atom is -0.467 e. The number of ether oxygens (including phenoxy) is 7. The summed E-state index contributed by atoms with van der Waals surface area (Å²) in [6.45, 7) is 33.1. The van der Waals surface area contributed by atoms with Gasteiger partial charge in [0.05, 0.1) is 26.7 Å². The topological polar surface area (TPSA) is 293 Å². The highest BCUT2D eigenvalue weighted by atomic mass is 16.6. The lowest BCUT2D eigenvalue weighted by molar-refractivity contribution is -0.158. The van der Waals surface area contributed by atoms with E-state index in [1.807, 2.05) is 14.7 Å². The third-order valence-corrected chi connectivity index (χ3v) is 11.7. The highest BCUT2D eigenvalue weighted by Gasteiger charge is 2.32. The predicted octanol–water partition coefficient (Wildman–Crippen LogP) is 5.28. The minimum atomic E-state index is -1.25. The lowest BCUT2D eigenvalue weighted by atomic mass is 9.96. The smallest absolute Gasteiger partial charge is 0.329 e. The van der Waals surface area contributed by atoms with E-state index in [-0.39, 0.29) is 89.6 Å². The lowest BCUT2D eigenvalue weighted by Crippen LogP contribution is -2.52. The van der Waals surface area contributed by atoms with Gasteiger partial charge in [-0.05, 0) is 189 Å². The zero-order valence-electron chi connectivity index (χ0n) is 53.7. The first-order valence-electron chi connectivity index (χ1n) is 29.1. The van der Waals surface area contributed by atoms with Crippen molar-refractivity contribution < 1.29 is 81.1 Å². The maximum absolute atomic E-state index is 14.2. The first-order chi connectivity index (χ1) is 37.9. The Morgan fingerprint density at radius 3 is 1.22 bits per heavy atom. The molecule has 24 nitrogen and oxygen atoms in total. The van der Waals surface area contributed by atoms with E-state index in [2.05, 4.69) is 21.3 Å². The van der Waals surface area contributed by atoms with Crippen molar-refractivity contribution >= 4 is 59.6 Å². The Bertz CT molecular complexity index is 2080. The molecule has 1 fully saturated rings. The molecule has 0 aromatic carbocycles. The zero-order valence-corrected chi connectivity index (χ0v) is 53.7. The number of rotatable bonds is 25. The molecule has 0 radical (unpaired) electrons. The Hall–Kier alpha value is -5.62. The number of urea groups is 1. The SMILES string of the molecule is COC(=O)C(CCC(=O)OC(C)(C)C)NC(=O)NC(CCCCNC(=O)C(CCC(=O)OC(C)(C)C)NC(=O)CN1CCC(CC(=O)OC(C)(C)C)CCN(CC(=O)OC(C)(C)C)CCN(CC(=O)OC(C)(C)C)CC1)C(=O)OC(C)(C)C. The van der Waals surface area contributed by atoms with Gasteiger partial charge in [-0.3, -0.25) is 48.3 Å². The van der Waals surface area contributed by atoms with Gasteiger partial charge < -0.3 is 54.4 Å². The standard InChI is InChI=1S/C59H105N7O17/c1-54(2,3)78-45(68)25-23-41(50(73)60-29-21-20-22-42(52(75)83-59(16,17)18)62-53(76)63-43(51(74)77-19)24-26-46(69)79-55(4,5)6)61-44(67)37-64-30-27-40(36-47(70)80-56(7,8)9)28-31-65(38-48(71)81-57(10,11)12)33-35-66(34-32-64)39-49(72)82-58(13,14)15/h40-43H,20-39H2,1-19H3,(H,60,73)(H,61,67)(H2,62,63,76). The molecule has 4 atom stereocenters. The quantitative estimate of drug-likeness (QED) is 0.0513. The van der Waals surface area contributed by atoms with Crippen molar-refractivity contribution in [2.24, 2.45) is 5.92 Å². The molecule has 83 heavy (non-hydrogen) atoms. The van der Waals surface area contributed by atoms with Crippen molar-refractivity contribution in [2.45, 2.75) is 241 Å². The van der Waals surface area contributed by atoms with E-state index >= 15 is 0 Å². The molecule has 0 aliphatic carbocycles. The van der Waals surface area contributed by atoms with E-state index in [1.54, 1.807) is 125 Å². The molecule has 4 amide bonds. The summed E-state index contributed by atoms with van der Waals surface area (Å²) >= 11 is 0. The molecule has 1 heterocycles. The molecule has 0 aromatic rings. The minimum absolute atomic E-state index is 0.0130. The fourth-order valence-electron chi connectivity index (χ4n) is 8.39. The second-order valence-corrected chi connectivity index (χ2v) is 27.2. The van der Waals surface area contributed by atoms with Crippen molar-refractivity contribution in [2.75, 3.05) is 72.6 Å². The number of unbranched alkanes of at least 4 members (excludes halogenated alkanes) is 1. The van der Waals surface area contributed by atoms with Crippen molar-refractivity contribution in [3.05, 3.63) is 0 Å². The first-order valence-corrected chi connectivity index (χ1v) is 29.1. The lowest BCUT2D eigenvalue weighted by Gasteiger charge is -2.33. The largest absolute Gasteiger partial charge is 0.467 e. The third-order valence-electron chi connectivity index (χ3n) is 11.7. The summed E-state index contributed by atoms with van der Waals surface area (Å²) in [5.74, 6) is -5.33. The Morgan fingerprint density at radius 1 is 0.422 bits per heavy atom. The number of esters is 7. The molecule has 4 N–H and O–H groups in total. The van der Waals surface area contributed by atoms with E-state index in [0.29, 0.717) is 52.0 Å². The van der Waals surface area contributed by atoms with Crippen LogP contribution in [0.15, 0.2) is 0 Å². The molecule has 24 heteroatoms. The normalized spacial score (nSPS) is 16.9. The van der Waals surface area contributed by atoms with Crippen molar-refractivity contribution in [1.82, 2.24) is 36.0 Å². The summed E-state index contributed by atoms with van der Waals surface area (Å²) in [6, 6.07) is -4.54. The number of amides is 4. The van der Waals surface area contributed by atoms with Crippen LogP contribution in [-0.4, -0.2) is 199 Å². The van der Waals surface area contributed by atoms with Gasteiger partial charge in [-0.2, -0.15) is 0 Å². The fourth-order valence-corrected chi connectivity index (χ4v) is 8.39. The van der Waals surface area contributed by atoms with Crippen molar-refractivity contribution in [3.63, 3.8) is 0 Å². The number of carbonyl (C=O) groups excluding carboxylic acids is 10. The van der Waals surface area contributed by atoms with Gasteiger partial charge in [-0.25, -0.2) is 14.4 Å². The summed E-state index contributed by atoms with van der Waals surface area (Å²) < 4.78 is 38.3.